The number of nitrogens with zero attached hydrogens (tertiary/aromatic N) is 1. The van der Waals surface area contributed by atoms with Gasteiger partial charge in [-0.25, -0.2) is 0 Å². The van der Waals surface area contributed by atoms with Crippen molar-refractivity contribution in [3.05, 3.63) is 22.2 Å². The number of hydrogen-bond donors (Lipinski definition) is 1. The number of carbonyl (C=O) groups is 1. The van der Waals surface area contributed by atoms with E-state index in [4.69, 9.17) is 9.47 Å². The summed E-state index contributed by atoms with van der Waals surface area (Å²) >= 11 is 3.48. The molecule has 1 unspecified atom stereocenters. The van der Waals surface area contributed by atoms with Gasteiger partial charge in [-0.15, -0.1) is 0 Å². The van der Waals surface area contributed by atoms with Gasteiger partial charge in [0.1, 0.15) is 6.04 Å². The molecule has 3 rings (SSSR count). The molecule has 0 bridgehead atoms. The second kappa shape index (κ2) is 6.23. The third kappa shape index (κ3) is 3.01. The minimum atomic E-state index is -0.821. The summed E-state index contributed by atoms with van der Waals surface area (Å²) in [5, 5.41) is 9.61. The lowest BCUT2D eigenvalue weighted by molar-refractivity contribution is -0.143. The van der Waals surface area contributed by atoms with Crippen molar-refractivity contribution in [1.82, 2.24) is 4.90 Å². The third-order valence-corrected chi connectivity index (χ3v) is 4.47. The summed E-state index contributed by atoms with van der Waals surface area (Å²) in [4.78, 5) is 13.7. The molecule has 1 saturated heterocycles. The largest absolute Gasteiger partial charge is 0.490 e. The van der Waals surface area contributed by atoms with Crippen molar-refractivity contribution < 1.29 is 19.4 Å². The number of carboxylic acids is 1. The lowest BCUT2D eigenvalue weighted by Gasteiger charge is -2.25. The van der Waals surface area contributed by atoms with Crippen LogP contribution in [0.15, 0.2) is 16.6 Å². The maximum absolute atomic E-state index is 11.7. The van der Waals surface area contributed by atoms with Crippen molar-refractivity contribution in [2.24, 2.45) is 0 Å². The summed E-state index contributed by atoms with van der Waals surface area (Å²) < 4.78 is 12.1. The molecule has 1 N–H and O–H groups in total. The van der Waals surface area contributed by atoms with Gasteiger partial charge >= 0.3 is 5.97 Å². The fourth-order valence-electron chi connectivity index (χ4n) is 2.92. The molecule has 0 saturated carbocycles. The van der Waals surface area contributed by atoms with Gasteiger partial charge in [0.15, 0.2) is 11.5 Å². The molecule has 0 radical (unpaired) electrons. The van der Waals surface area contributed by atoms with E-state index in [0.717, 1.165) is 42.4 Å². The molecule has 1 atom stereocenters. The zero-order valence-corrected chi connectivity index (χ0v) is 13.3. The van der Waals surface area contributed by atoms with E-state index < -0.39 is 12.0 Å². The van der Waals surface area contributed by atoms with Crippen molar-refractivity contribution in [1.29, 1.82) is 0 Å². The number of hydrogen-bond acceptors (Lipinski definition) is 4. The number of ether oxygens (including phenoxy) is 2. The van der Waals surface area contributed by atoms with Crippen LogP contribution in [0.5, 0.6) is 11.5 Å². The van der Waals surface area contributed by atoms with E-state index in [1.807, 2.05) is 17.0 Å². The first kappa shape index (κ1) is 14.7. The van der Waals surface area contributed by atoms with Crippen LogP contribution in [0.3, 0.4) is 0 Å². The standard InChI is InChI=1S/C15H18BrNO4/c16-11-8-10(9-12-14(11)21-7-3-6-20-12)13(15(18)19)17-4-1-2-5-17/h8-9,13H,1-7H2,(H,18,19). The number of halogens is 1. The first-order valence-electron chi connectivity index (χ1n) is 7.23. The Hall–Kier alpha value is -1.27. The van der Waals surface area contributed by atoms with Crippen LogP contribution in [0.2, 0.25) is 0 Å². The minimum Gasteiger partial charge on any atom is -0.490 e. The topological polar surface area (TPSA) is 59.0 Å². The van der Waals surface area contributed by atoms with Crippen LogP contribution < -0.4 is 9.47 Å². The Kier molecular flexibility index (Phi) is 4.35. The van der Waals surface area contributed by atoms with Crippen molar-refractivity contribution in [2.45, 2.75) is 25.3 Å². The maximum Gasteiger partial charge on any atom is 0.325 e. The highest BCUT2D eigenvalue weighted by atomic mass is 79.9. The minimum absolute atomic E-state index is 0.588. The lowest BCUT2D eigenvalue weighted by atomic mass is 10.0. The molecule has 1 aromatic rings. The van der Waals surface area contributed by atoms with Crippen LogP contribution in [0.1, 0.15) is 30.9 Å². The van der Waals surface area contributed by atoms with Gasteiger partial charge in [-0.05, 0) is 59.6 Å². The van der Waals surface area contributed by atoms with Crippen LogP contribution in [-0.2, 0) is 4.79 Å². The van der Waals surface area contributed by atoms with Crippen molar-refractivity contribution in [2.75, 3.05) is 26.3 Å². The van der Waals surface area contributed by atoms with Crippen molar-refractivity contribution in [3.8, 4) is 11.5 Å². The zero-order chi connectivity index (χ0) is 14.8. The monoisotopic (exact) mass is 355 g/mol. The SMILES string of the molecule is O=C(O)C(c1cc(Br)c2c(c1)OCCCO2)N1CCCC1. The number of benzene rings is 1. The molecule has 5 nitrogen and oxygen atoms in total. The Morgan fingerprint density at radius 3 is 2.62 bits per heavy atom. The van der Waals surface area contributed by atoms with E-state index in [1.165, 1.54) is 0 Å². The fourth-order valence-corrected chi connectivity index (χ4v) is 3.49. The summed E-state index contributed by atoms with van der Waals surface area (Å²) in [6.07, 6.45) is 2.93. The smallest absolute Gasteiger partial charge is 0.325 e. The van der Waals surface area contributed by atoms with E-state index in [9.17, 15) is 9.90 Å². The maximum atomic E-state index is 11.7. The van der Waals surface area contributed by atoms with Crippen LogP contribution in [0, 0.1) is 0 Å². The van der Waals surface area contributed by atoms with Gasteiger partial charge in [0.2, 0.25) is 0 Å². The Bertz CT molecular complexity index is 543. The van der Waals surface area contributed by atoms with Crippen molar-refractivity contribution >= 4 is 21.9 Å². The highest BCUT2D eigenvalue weighted by Gasteiger charge is 2.31. The molecule has 2 heterocycles. The van der Waals surface area contributed by atoms with E-state index >= 15 is 0 Å². The molecule has 2 aliphatic rings. The van der Waals surface area contributed by atoms with Gasteiger partial charge in [-0.1, -0.05) is 0 Å². The van der Waals surface area contributed by atoms with E-state index in [-0.39, 0.29) is 0 Å². The normalized spacial score (nSPS) is 20.0. The van der Waals surface area contributed by atoms with Gasteiger partial charge in [0.05, 0.1) is 17.7 Å². The first-order valence-corrected chi connectivity index (χ1v) is 8.02. The molecule has 0 amide bonds. The summed E-state index contributed by atoms with van der Waals surface area (Å²) in [7, 11) is 0. The summed E-state index contributed by atoms with van der Waals surface area (Å²) in [5.74, 6) is 0.474. The molecule has 21 heavy (non-hydrogen) atoms. The highest BCUT2D eigenvalue weighted by Crippen LogP contribution is 2.40. The lowest BCUT2D eigenvalue weighted by Crippen LogP contribution is -2.31. The van der Waals surface area contributed by atoms with Crippen molar-refractivity contribution in [3.63, 3.8) is 0 Å². The van der Waals surface area contributed by atoms with Crippen LogP contribution in [0.25, 0.3) is 0 Å². The van der Waals surface area contributed by atoms with E-state index in [2.05, 4.69) is 15.9 Å². The number of carboxylic acid groups (broad SMARTS) is 1. The number of rotatable bonds is 3. The van der Waals surface area contributed by atoms with E-state index in [0.29, 0.717) is 24.7 Å². The molecular formula is C15H18BrNO4. The van der Waals surface area contributed by atoms with Crippen LogP contribution in [0.4, 0.5) is 0 Å². The Balaban J connectivity index is 1.98. The third-order valence-electron chi connectivity index (χ3n) is 3.88. The van der Waals surface area contributed by atoms with E-state index in [1.54, 1.807) is 0 Å². The van der Waals surface area contributed by atoms with Gasteiger partial charge in [-0.2, -0.15) is 0 Å². The molecule has 1 fully saturated rings. The molecule has 2 aliphatic heterocycles. The van der Waals surface area contributed by atoms with Gasteiger partial charge < -0.3 is 14.6 Å². The zero-order valence-electron chi connectivity index (χ0n) is 11.7. The second-order valence-corrected chi connectivity index (χ2v) is 6.22. The predicted molar refractivity (Wildman–Crippen MR) is 80.9 cm³/mol. The van der Waals surface area contributed by atoms with Crippen LogP contribution >= 0.6 is 15.9 Å². The number of likely N-dealkylation sites (tertiary alicyclic amines) is 1. The van der Waals surface area contributed by atoms with Gasteiger partial charge in [0, 0.05) is 6.42 Å². The molecule has 0 aliphatic carbocycles. The number of fused-ring (bicyclic) bond motifs is 1. The average Bonchev–Trinajstić information content (AvgIpc) is 2.83. The molecule has 0 spiro atoms. The Labute approximate surface area is 132 Å². The molecular weight excluding hydrogens is 338 g/mol. The molecule has 114 valence electrons. The quantitative estimate of drug-likeness (QED) is 0.903. The van der Waals surface area contributed by atoms with Gasteiger partial charge in [-0.3, -0.25) is 9.69 Å². The average molecular weight is 356 g/mol. The van der Waals surface area contributed by atoms with Crippen LogP contribution in [-0.4, -0.2) is 42.3 Å². The highest BCUT2D eigenvalue weighted by molar-refractivity contribution is 9.10. The second-order valence-electron chi connectivity index (χ2n) is 5.36. The first-order chi connectivity index (χ1) is 10.2. The fraction of sp³-hybridized carbons (Fsp3) is 0.533. The predicted octanol–water partition coefficient (Wildman–Crippen LogP) is 2.83. The summed E-state index contributed by atoms with van der Waals surface area (Å²) in [6, 6.07) is 3.02. The van der Waals surface area contributed by atoms with Gasteiger partial charge in [0.25, 0.3) is 0 Å². The molecule has 0 aromatic heterocycles. The number of aliphatic carboxylic acids is 1. The molecule has 6 heteroatoms. The Morgan fingerprint density at radius 2 is 1.90 bits per heavy atom. The summed E-state index contributed by atoms with van der Waals surface area (Å²) in [6.45, 7) is 2.84. The Morgan fingerprint density at radius 1 is 1.19 bits per heavy atom. The summed E-state index contributed by atoms with van der Waals surface area (Å²) in [5.41, 5.74) is 0.737. The molecule has 1 aromatic carbocycles.